The first-order valence-electron chi connectivity index (χ1n) is 4.27. The SMILES string of the molecule is OC[C@@H]1C2C=CC(C2)[C@@H]1CO. The molecule has 2 nitrogen and oxygen atoms in total. The Bertz CT molecular complexity index is 158. The zero-order valence-electron chi connectivity index (χ0n) is 6.48. The van der Waals surface area contributed by atoms with Crippen LogP contribution in [0.15, 0.2) is 12.2 Å². The second-order valence-electron chi connectivity index (χ2n) is 3.64. The van der Waals surface area contributed by atoms with Crippen molar-refractivity contribution in [3.05, 3.63) is 12.2 Å². The molecule has 0 aromatic rings. The molecular formula is C9H14O2. The summed E-state index contributed by atoms with van der Waals surface area (Å²) in [6.07, 6.45) is 5.53. The van der Waals surface area contributed by atoms with Gasteiger partial charge in [0.2, 0.25) is 0 Å². The van der Waals surface area contributed by atoms with Crippen LogP contribution in [0.25, 0.3) is 0 Å². The highest BCUT2D eigenvalue weighted by Gasteiger charge is 2.43. The smallest absolute Gasteiger partial charge is 0.0468 e. The second kappa shape index (κ2) is 2.61. The van der Waals surface area contributed by atoms with E-state index in [0.717, 1.165) is 6.42 Å². The van der Waals surface area contributed by atoms with Crippen molar-refractivity contribution in [2.24, 2.45) is 23.7 Å². The van der Waals surface area contributed by atoms with Crippen molar-refractivity contribution < 1.29 is 10.2 Å². The molecule has 0 aromatic carbocycles. The number of fused-ring (bicyclic) bond motifs is 2. The van der Waals surface area contributed by atoms with Crippen LogP contribution in [0.5, 0.6) is 0 Å². The van der Waals surface area contributed by atoms with Crippen molar-refractivity contribution in [3.63, 3.8) is 0 Å². The Morgan fingerprint density at radius 1 is 1.00 bits per heavy atom. The molecule has 0 aromatic heterocycles. The Balaban J connectivity index is 2.15. The van der Waals surface area contributed by atoms with E-state index in [0.29, 0.717) is 23.7 Å². The summed E-state index contributed by atoms with van der Waals surface area (Å²) in [5.74, 6) is 1.74. The Hall–Kier alpha value is -0.340. The van der Waals surface area contributed by atoms with E-state index in [1.54, 1.807) is 0 Å². The van der Waals surface area contributed by atoms with Gasteiger partial charge in [-0.15, -0.1) is 0 Å². The van der Waals surface area contributed by atoms with Crippen molar-refractivity contribution in [1.29, 1.82) is 0 Å². The normalized spacial score (nSPS) is 47.1. The maximum absolute atomic E-state index is 9.04. The van der Waals surface area contributed by atoms with Gasteiger partial charge in [0.1, 0.15) is 0 Å². The number of aliphatic hydroxyl groups excluding tert-OH is 2. The van der Waals surface area contributed by atoms with E-state index in [-0.39, 0.29) is 13.2 Å². The number of rotatable bonds is 2. The molecule has 1 fully saturated rings. The third kappa shape index (κ3) is 0.932. The summed E-state index contributed by atoms with van der Waals surface area (Å²) in [6, 6.07) is 0. The summed E-state index contributed by atoms with van der Waals surface area (Å²) < 4.78 is 0. The van der Waals surface area contributed by atoms with E-state index in [1.165, 1.54) is 0 Å². The van der Waals surface area contributed by atoms with Crippen molar-refractivity contribution >= 4 is 0 Å². The molecule has 0 radical (unpaired) electrons. The average molecular weight is 154 g/mol. The minimum atomic E-state index is 0.233. The van der Waals surface area contributed by atoms with Crippen molar-refractivity contribution in [2.75, 3.05) is 13.2 Å². The van der Waals surface area contributed by atoms with Crippen molar-refractivity contribution in [1.82, 2.24) is 0 Å². The van der Waals surface area contributed by atoms with E-state index in [2.05, 4.69) is 12.2 Å². The lowest BCUT2D eigenvalue weighted by Crippen LogP contribution is -2.25. The van der Waals surface area contributed by atoms with Gasteiger partial charge in [-0.25, -0.2) is 0 Å². The number of aliphatic hydroxyl groups is 2. The van der Waals surface area contributed by atoms with Crippen LogP contribution < -0.4 is 0 Å². The van der Waals surface area contributed by atoms with E-state index in [9.17, 15) is 0 Å². The fraction of sp³-hybridized carbons (Fsp3) is 0.778. The van der Waals surface area contributed by atoms with Gasteiger partial charge in [-0.1, -0.05) is 12.2 Å². The van der Waals surface area contributed by atoms with Crippen molar-refractivity contribution in [2.45, 2.75) is 6.42 Å². The minimum Gasteiger partial charge on any atom is -0.396 e. The van der Waals surface area contributed by atoms with Gasteiger partial charge in [-0.2, -0.15) is 0 Å². The largest absolute Gasteiger partial charge is 0.396 e. The molecule has 1 saturated carbocycles. The van der Waals surface area contributed by atoms with Gasteiger partial charge in [0.25, 0.3) is 0 Å². The van der Waals surface area contributed by atoms with Crippen LogP contribution in [0, 0.1) is 23.7 Å². The zero-order chi connectivity index (χ0) is 7.84. The summed E-state index contributed by atoms with van der Waals surface area (Å²) in [5, 5.41) is 18.1. The summed E-state index contributed by atoms with van der Waals surface area (Å²) >= 11 is 0. The zero-order valence-corrected chi connectivity index (χ0v) is 6.48. The highest BCUT2D eigenvalue weighted by Crippen LogP contribution is 2.47. The van der Waals surface area contributed by atoms with E-state index < -0.39 is 0 Å². The van der Waals surface area contributed by atoms with Gasteiger partial charge in [0.05, 0.1) is 0 Å². The topological polar surface area (TPSA) is 40.5 Å². The minimum absolute atomic E-state index is 0.233. The number of allylic oxidation sites excluding steroid dienone is 2. The van der Waals surface area contributed by atoms with Crippen LogP contribution >= 0.6 is 0 Å². The Kier molecular flexibility index (Phi) is 1.74. The molecule has 2 rings (SSSR count). The monoisotopic (exact) mass is 154 g/mol. The maximum atomic E-state index is 9.04. The van der Waals surface area contributed by atoms with Gasteiger partial charge in [0.15, 0.2) is 0 Å². The van der Waals surface area contributed by atoms with Crippen LogP contribution in [0.4, 0.5) is 0 Å². The van der Waals surface area contributed by atoms with Crippen LogP contribution in [-0.2, 0) is 0 Å². The van der Waals surface area contributed by atoms with E-state index >= 15 is 0 Å². The quantitative estimate of drug-likeness (QED) is 0.565. The molecule has 4 atom stereocenters. The molecule has 2 unspecified atom stereocenters. The van der Waals surface area contributed by atoms with E-state index in [4.69, 9.17) is 10.2 Å². The first-order valence-corrected chi connectivity index (χ1v) is 4.27. The fourth-order valence-electron chi connectivity index (χ4n) is 2.57. The number of hydrogen-bond acceptors (Lipinski definition) is 2. The van der Waals surface area contributed by atoms with Gasteiger partial charge < -0.3 is 10.2 Å². The highest BCUT2D eigenvalue weighted by molar-refractivity contribution is 5.13. The first kappa shape index (κ1) is 7.32. The highest BCUT2D eigenvalue weighted by atomic mass is 16.3. The van der Waals surface area contributed by atoms with Crippen molar-refractivity contribution in [3.8, 4) is 0 Å². The third-order valence-corrected chi connectivity index (χ3v) is 3.22. The Morgan fingerprint density at radius 3 is 1.82 bits per heavy atom. The predicted octanol–water partition coefficient (Wildman–Crippen LogP) is 0.409. The van der Waals surface area contributed by atoms with Crippen LogP contribution in [0.2, 0.25) is 0 Å². The molecule has 2 N–H and O–H groups in total. The summed E-state index contributed by atoms with van der Waals surface area (Å²) in [6.45, 7) is 0.466. The lowest BCUT2D eigenvalue weighted by atomic mass is 9.84. The summed E-state index contributed by atoms with van der Waals surface area (Å²) in [4.78, 5) is 0. The maximum Gasteiger partial charge on any atom is 0.0468 e. The fourth-order valence-corrected chi connectivity index (χ4v) is 2.57. The van der Waals surface area contributed by atoms with Gasteiger partial charge in [0, 0.05) is 13.2 Å². The molecule has 0 amide bonds. The molecule has 62 valence electrons. The number of hydrogen-bond donors (Lipinski definition) is 2. The van der Waals surface area contributed by atoms with Crippen LogP contribution in [0.1, 0.15) is 6.42 Å². The molecule has 2 bridgehead atoms. The molecule has 2 aliphatic carbocycles. The van der Waals surface area contributed by atoms with E-state index in [1.807, 2.05) is 0 Å². The Labute approximate surface area is 66.5 Å². The molecule has 0 saturated heterocycles. The molecule has 0 heterocycles. The molecular weight excluding hydrogens is 140 g/mol. The van der Waals surface area contributed by atoms with Gasteiger partial charge in [-0.3, -0.25) is 0 Å². The summed E-state index contributed by atoms with van der Waals surface area (Å²) in [5.41, 5.74) is 0. The summed E-state index contributed by atoms with van der Waals surface area (Å²) in [7, 11) is 0. The Morgan fingerprint density at radius 2 is 1.45 bits per heavy atom. The first-order chi connectivity index (χ1) is 5.36. The van der Waals surface area contributed by atoms with Gasteiger partial charge >= 0.3 is 0 Å². The predicted molar refractivity (Wildman–Crippen MR) is 41.9 cm³/mol. The third-order valence-electron chi connectivity index (χ3n) is 3.22. The molecule has 0 spiro atoms. The molecule has 2 heteroatoms. The standard InChI is InChI=1S/C9H14O2/c10-4-8-6-1-2-7(3-6)9(8)5-11/h1-2,6-11H,3-5H2/t6?,7?,8-,9+. The second-order valence-corrected chi connectivity index (χ2v) is 3.64. The van der Waals surface area contributed by atoms with Gasteiger partial charge in [-0.05, 0) is 30.1 Å². The average Bonchev–Trinajstić information content (AvgIpc) is 2.60. The molecule has 2 aliphatic rings. The molecule has 11 heavy (non-hydrogen) atoms. The lowest BCUT2D eigenvalue weighted by molar-refractivity contribution is 0.112. The molecule has 0 aliphatic heterocycles. The van der Waals surface area contributed by atoms with Crippen LogP contribution in [-0.4, -0.2) is 23.4 Å². The van der Waals surface area contributed by atoms with Crippen LogP contribution in [0.3, 0.4) is 0 Å². The lowest BCUT2D eigenvalue weighted by Gasteiger charge is -2.23.